The molecule has 0 bridgehead atoms. The molecule has 1 saturated heterocycles. The molecule has 0 saturated carbocycles. The predicted octanol–water partition coefficient (Wildman–Crippen LogP) is 2.19. The summed E-state index contributed by atoms with van der Waals surface area (Å²) in [5.41, 5.74) is 1.28. The first-order valence-corrected chi connectivity index (χ1v) is 9.78. The number of nitrogens with one attached hydrogen (secondary N) is 2. The minimum absolute atomic E-state index is 0.0227. The van der Waals surface area contributed by atoms with E-state index in [1.54, 1.807) is 0 Å². The Morgan fingerprint density at radius 1 is 1.13 bits per heavy atom. The monoisotopic (exact) mass is 354 g/mol. The van der Waals surface area contributed by atoms with Crippen LogP contribution in [0.2, 0.25) is 0 Å². The second-order valence-electron chi connectivity index (χ2n) is 5.02. The molecule has 1 fully saturated rings. The summed E-state index contributed by atoms with van der Waals surface area (Å²) in [5.74, 6) is 2.57. The fourth-order valence-electron chi connectivity index (χ4n) is 2.04. The maximum absolute atomic E-state index is 11.6. The molecular formula is C16H22N2O3S2. The van der Waals surface area contributed by atoms with E-state index in [1.807, 2.05) is 42.6 Å². The average Bonchev–Trinajstić information content (AvgIpc) is 2.59. The van der Waals surface area contributed by atoms with Crippen LogP contribution in [0, 0.1) is 0 Å². The molecule has 5 nitrogen and oxygen atoms in total. The molecule has 23 heavy (non-hydrogen) atoms. The molecule has 0 aromatic heterocycles. The molecule has 0 unspecified atom stereocenters. The molecule has 1 heterocycles. The Labute approximate surface area is 145 Å². The van der Waals surface area contributed by atoms with Gasteiger partial charge in [-0.3, -0.25) is 9.59 Å². The van der Waals surface area contributed by atoms with Gasteiger partial charge in [0.15, 0.2) is 6.61 Å². The molecule has 0 atom stereocenters. The first-order chi connectivity index (χ1) is 11.2. The second kappa shape index (κ2) is 9.72. The van der Waals surface area contributed by atoms with Gasteiger partial charge in [-0.1, -0.05) is 12.1 Å². The number of carbonyl (C=O) groups is 2. The lowest BCUT2D eigenvalue weighted by Crippen LogP contribution is -2.38. The average molecular weight is 354 g/mol. The summed E-state index contributed by atoms with van der Waals surface area (Å²) in [5, 5.41) is 5.13. The van der Waals surface area contributed by atoms with E-state index in [1.165, 1.54) is 23.5 Å². The summed E-state index contributed by atoms with van der Waals surface area (Å²) >= 11 is 3.95. The van der Waals surface area contributed by atoms with Gasteiger partial charge in [0.1, 0.15) is 5.75 Å². The van der Waals surface area contributed by atoms with E-state index in [0.29, 0.717) is 16.9 Å². The van der Waals surface area contributed by atoms with Gasteiger partial charge in [-0.2, -0.15) is 0 Å². The molecule has 0 aliphatic carbocycles. The van der Waals surface area contributed by atoms with E-state index in [4.69, 9.17) is 4.74 Å². The zero-order valence-corrected chi connectivity index (χ0v) is 14.8. The van der Waals surface area contributed by atoms with Gasteiger partial charge in [-0.15, -0.1) is 23.5 Å². The van der Waals surface area contributed by atoms with E-state index in [0.717, 1.165) is 0 Å². The summed E-state index contributed by atoms with van der Waals surface area (Å²) in [7, 11) is 0. The summed E-state index contributed by atoms with van der Waals surface area (Å²) in [6.45, 7) is 2.27. The quantitative estimate of drug-likeness (QED) is 0.786. The normalized spacial score (nSPS) is 15.0. The first-order valence-electron chi connectivity index (χ1n) is 7.68. The zero-order chi connectivity index (χ0) is 16.5. The Hall–Kier alpha value is -1.34. The topological polar surface area (TPSA) is 67.4 Å². The molecule has 1 aromatic rings. The van der Waals surface area contributed by atoms with Gasteiger partial charge in [0.25, 0.3) is 5.91 Å². The molecule has 126 valence electrons. The molecule has 7 heteroatoms. The van der Waals surface area contributed by atoms with Gasteiger partial charge in [0.05, 0.1) is 11.1 Å². The molecule has 0 spiro atoms. The van der Waals surface area contributed by atoms with Crippen LogP contribution in [0.5, 0.6) is 5.75 Å². The maximum Gasteiger partial charge on any atom is 0.258 e. The van der Waals surface area contributed by atoms with Crippen LogP contribution in [0.15, 0.2) is 24.3 Å². The SMILES string of the molecule is CCNC(=O)CNC(=O)COc1ccc(C2SCCCS2)cc1. The van der Waals surface area contributed by atoms with Crippen molar-refractivity contribution in [3.05, 3.63) is 29.8 Å². The summed E-state index contributed by atoms with van der Waals surface area (Å²) in [6, 6.07) is 7.89. The first kappa shape index (κ1) is 18.0. The Balaban J connectivity index is 1.73. The lowest BCUT2D eigenvalue weighted by molar-refractivity contribution is -0.127. The number of hydrogen-bond acceptors (Lipinski definition) is 5. The van der Waals surface area contributed by atoms with Crippen molar-refractivity contribution in [2.75, 3.05) is 31.2 Å². The van der Waals surface area contributed by atoms with Crippen LogP contribution in [0.4, 0.5) is 0 Å². The summed E-state index contributed by atoms with van der Waals surface area (Å²) < 4.78 is 5.94. The lowest BCUT2D eigenvalue weighted by atomic mass is 10.2. The zero-order valence-electron chi connectivity index (χ0n) is 13.2. The molecule has 2 amide bonds. The highest BCUT2D eigenvalue weighted by Crippen LogP contribution is 2.43. The fourth-order valence-corrected chi connectivity index (χ4v) is 4.93. The number of ether oxygens (including phenoxy) is 1. The van der Waals surface area contributed by atoms with Crippen molar-refractivity contribution in [1.82, 2.24) is 10.6 Å². The van der Waals surface area contributed by atoms with Crippen LogP contribution in [-0.2, 0) is 9.59 Å². The largest absolute Gasteiger partial charge is 0.484 e. The van der Waals surface area contributed by atoms with Crippen molar-refractivity contribution in [3.63, 3.8) is 0 Å². The number of benzene rings is 1. The van der Waals surface area contributed by atoms with Crippen molar-refractivity contribution in [2.24, 2.45) is 0 Å². The minimum Gasteiger partial charge on any atom is -0.484 e. The number of thioether (sulfide) groups is 2. The number of amides is 2. The van der Waals surface area contributed by atoms with Gasteiger partial charge < -0.3 is 15.4 Å². The van der Waals surface area contributed by atoms with Crippen LogP contribution in [-0.4, -0.2) is 43.0 Å². The Bertz CT molecular complexity index is 517. The van der Waals surface area contributed by atoms with Crippen LogP contribution in [0.3, 0.4) is 0 Å². The molecular weight excluding hydrogens is 332 g/mol. The Morgan fingerprint density at radius 3 is 2.48 bits per heavy atom. The highest BCUT2D eigenvalue weighted by Gasteiger charge is 2.16. The Kier molecular flexibility index (Phi) is 7.61. The van der Waals surface area contributed by atoms with E-state index in [-0.39, 0.29) is 25.0 Å². The van der Waals surface area contributed by atoms with Crippen molar-refractivity contribution >= 4 is 35.3 Å². The smallest absolute Gasteiger partial charge is 0.258 e. The molecule has 1 aliphatic rings. The number of rotatable bonds is 7. The highest BCUT2D eigenvalue weighted by molar-refractivity contribution is 8.16. The Morgan fingerprint density at radius 2 is 1.83 bits per heavy atom. The lowest BCUT2D eigenvalue weighted by Gasteiger charge is -2.21. The maximum atomic E-state index is 11.6. The van der Waals surface area contributed by atoms with Crippen LogP contribution in [0.1, 0.15) is 23.5 Å². The standard InChI is InChI=1S/C16H22N2O3S2/c1-2-17-14(19)10-18-15(20)11-21-13-6-4-12(5-7-13)16-22-8-3-9-23-16/h4-7,16H,2-3,8-11H2,1H3,(H,17,19)(H,18,20). The van der Waals surface area contributed by atoms with Crippen molar-refractivity contribution in [3.8, 4) is 5.75 Å². The fraction of sp³-hybridized carbons (Fsp3) is 0.500. The third kappa shape index (κ3) is 6.35. The highest BCUT2D eigenvalue weighted by atomic mass is 32.2. The minimum atomic E-state index is -0.307. The van der Waals surface area contributed by atoms with Gasteiger partial charge >= 0.3 is 0 Å². The van der Waals surface area contributed by atoms with Gasteiger partial charge in [-0.25, -0.2) is 0 Å². The van der Waals surface area contributed by atoms with Gasteiger partial charge in [-0.05, 0) is 42.5 Å². The van der Waals surface area contributed by atoms with Gasteiger partial charge in [0.2, 0.25) is 5.91 Å². The van der Waals surface area contributed by atoms with Gasteiger partial charge in [0, 0.05) is 6.54 Å². The van der Waals surface area contributed by atoms with E-state index in [2.05, 4.69) is 22.8 Å². The van der Waals surface area contributed by atoms with Crippen LogP contribution < -0.4 is 15.4 Å². The van der Waals surface area contributed by atoms with E-state index < -0.39 is 0 Å². The predicted molar refractivity (Wildman–Crippen MR) is 95.9 cm³/mol. The van der Waals surface area contributed by atoms with E-state index >= 15 is 0 Å². The summed E-state index contributed by atoms with van der Waals surface area (Å²) in [4.78, 5) is 22.9. The second-order valence-corrected chi connectivity index (χ2v) is 7.74. The molecule has 0 radical (unpaired) electrons. The van der Waals surface area contributed by atoms with Crippen LogP contribution in [0.25, 0.3) is 0 Å². The number of likely N-dealkylation sites (N-methyl/N-ethyl adjacent to an activating group) is 1. The third-order valence-electron chi connectivity index (χ3n) is 3.17. The molecule has 2 N–H and O–H groups in total. The molecule has 1 aromatic carbocycles. The molecule has 1 aliphatic heterocycles. The number of hydrogen-bond donors (Lipinski definition) is 2. The van der Waals surface area contributed by atoms with Crippen molar-refractivity contribution < 1.29 is 14.3 Å². The summed E-state index contributed by atoms with van der Waals surface area (Å²) in [6.07, 6.45) is 1.28. The van der Waals surface area contributed by atoms with E-state index in [9.17, 15) is 9.59 Å². The van der Waals surface area contributed by atoms with Crippen molar-refractivity contribution in [1.29, 1.82) is 0 Å². The van der Waals surface area contributed by atoms with Crippen molar-refractivity contribution in [2.45, 2.75) is 17.9 Å². The third-order valence-corrected chi connectivity index (χ3v) is 6.18. The number of carbonyl (C=O) groups excluding carboxylic acids is 2. The van der Waals surface area contributed by atoms with Crippen LogP contribution >= 0.6 is 23.5 Å². The molecule has 2 rings (SSSR count).